The second-order valence-corrected chi connectivity index (χ2v) is 8.26. The Bertz CT molecular complexity index is 613. The van der Waals surface area contributed by atoms with E-state index < -0.39 is 0 Å². The molecule has 5 nitrogen and oxygen atoms in total. The van der Waals surface area contributed by atoms with Crippen molar-refractivity contribution in [1.29, 1.82) is 0 Å². The van der Waals surface area contributed by atoms with E-state index in [1.165, 1.54) is 23.1 Å². The molecule has 0 saturated carbocycles. The van der Waals surface area contributed by atoms with Crippen molar-refractivity contribution in [1.82, 2.24) is 10.2 Å². The van der Waals surface area contributed by atoms with Crippen LogP contribution in [0.15, 0.2) is 32.9 Å². The lowest BCUT2D eigenvalue weighted by atomic mass is 10.2. The van der Waals surface area contributed by atoms with Gasteiger partial charge in [0.2, 0.25) is 5.91 Å². The Morgan fingerprint density at radius 1 is 1.18 bits per heavy atom. The molecule has 0 atom stereocenters. The zero-order valence-corrected chi connectivity index (χ0v) is 15.1. The van der Waals surface area contributed by atoms with Crippen molar-refractivity contribution in [2.75, 3.05) is 35.8 Å². The minimum absolute atomic E-state index is 0.0394. The fourth-order valence-electron chi connectivity index (χ4n) is 1.60. The molecule has 22 heavy (non-hydrogen) atoms. The number of aromatic nitrogens is 2. The average Bonchev–Trinajstić information content (AvgIpc) is 2.94. The Labute approximate surface area is 142 Å². The van der Waals surface area contributed by atoms with Gasteiger partial charge >= 0.3 is 0 Å². The summed E-state index contributed by atoms with van der Waals surface area (Å²) >= 11 is 4.61. The van der Waals surface area contributed by atoms with Crippen LogP contribution in [0.2, 0.25) is 0 Å². The van der Waals surface area contributed by atoms with E-state index in [1.54, 1.807) is 11.8 Å². The SMILES string of the molecule is CCSc1nnc(SCC(=O)Nc2ccc(N(C)C)cc2)s1. The molecule has 1 aromatic heterocycles. The highest BCUT2D eigenvalue weighted by molar-refractivity contribution is 8.03. The molecule has 1 heterocycles. The second-order valence-electron chi connectivity index (χ2n) is 4.55. The van der Waals surface area contributed by atoms with Gasteiger partial charge in [-0.1, -0.05) is 41.8 Å². The maximum Gasteiger partial charge on any atom is 0.234 e. The first-order chi connectivity index (χ1) is 10.6. The van der Waals surface area contributed by atoms with Crippen molar-refractivity contribution < 1.29 is 4.79 Å². The summed E-state index contributed by atoms with van der Waals surface area (Å²) in [5.74, 6) is 1.27. The highest BCUT2D eigenvalue weighted by Crippen LogP contribution is 2.28. The van der Waals surface area contributed by atoms with Crippen LogP contribution in [-0.2, 0) is 4.79 Å². The highest BCUT2D eigenvalue weighted by Gasteiger charge is 2.08. The fourth-order valence-corrected chi connectivity index (χ4v) is 4.32. The van der Waals surface area contributed by atoms with Gasteiger partial charge in [-0.05, 0) is 30.0 Å². The zero-order valence-electron chi connectivity index (χ0n) is 12.7. The molecule has 118 valence electrons. The number of anilines is 2. The number of amides is 1. The minimum atomic E-state index is -0.0394. The van der Waals surface area contributed by atoms with Crippen molar-refractivity contribution in [2.24, 2.45) is 0 Å². The Balaban J connectivity index is 1.81. The van der Waals surface area contributed by atoms with E-state index in [9.17, 15) is 4.79 Å². The molecule has 0 spiro atoms. The molecule has 0 bridgehead atoms. The summed E-state index contributed by atoms with van der Waals surface area (Å²) in [5, 5.41) is 11.0. The van der Waals surface area contributed by atoms with Crippen molar-refractivity contribution in [3.63, 3.8) is 0 Å². The van der Waals surface area contributed by atoms with Crippen molar-refractivity contribution in [3.8, 4) is 0 Å². The molecule has 2 rings (SSSR count). The fraction of sp³-hybridized carbons (Fsp3) is 0.357. The molecule has 0 aliphatic carbocycles. The van der Waals surface area contributed by atoms with Crippen LogP contribution in [-0.4, -0.2) is 41.7 Å². The summed E-state index contributed by atoms with van der Waals surface area (Å²) in [4.78, 5) is 14.0. The largest absolute Gasteiger partial charge is 0.378 e. The number of rotatable bonds is 7. The number of benzene rings is 1. The van der Waals surface area contributed by atoms with Gasteiger partial charge in [0.05, 0.1) is 5.75 Å². The van der Waals surface area contributed by atoms with Gasteiger partial charge in [0.1, 0.15) is 0 Å². The minimum Gasteiger partial charge on any atom is -0.378 e. The van der Waals surface area contributed by atoms with Crippen LogP contribution in [0.4, 0.5) is 11.4 Å². The third-order valence-corrected chi connectivity index (χ3v) is 5.72. The maximum absolute atomic E-state index is 11.9. The first-order valence-electron chi connectivity index (χ1n) is 6.75. The van der Waals surface area contributed by atoms with Crippen LogP contribution in [0.5, 0.6) is 0 Å². The van der Waals surface area contributed by atoms with Gasteiger partial charge in [0.25, 0.3) is 0 Å². The Kier molecular flexibility index (Phi) is 6.53. The molecular weight excluding hydrogens is 336 g/mol. The van der Waals surface area contributed by atoms with Crippen LogP contribution in [0.3, 0.4) is 0 Å². The van der Waals surface area contributed by atoms with E-state index in [-0.39, 0.29) is 5.91 Å². The summed E-state index contributed by atoms with van der Waals surface area (Å²) in [6.07, 6.45) is 0. The molecule has 0 aliphatic rings. The van der Waals surface area contributed by atoms with Crippen LogP contribution >= 0.6 is 34.9 Å². The maximum atomic E-state index is 11.9. The summed E-state index contributed by atoms with van der Waals surface area (Å²) in [6, 6.07) is 7.75. The molecule has 2 aromatic rings. The number of nitrogens with zero attached hydrogens (tertiary/aromatic N) is 3. The number of hydrogen-bond acceptors (Lipinski definition) is 7. The molecule has 0 unspecified atom stereocenters. The Hall–Kier alpha value is -1.25. The smallest absolute Gasteiger partial charge is 0.234 e. The van der Waals surface area contributed by atoms with Crippen molar-refractivity contribution in [3.05, 3.63) is 24.3 Å². The molecule has 1 N–H and O–H groups in total. The standard InChI is InChI=1S/C14H18N4OS3/c1-4-20-13-16-17-14(22-13)21-9-12(19)15-10-5-7-11(8-6-10)18(2)3/h5-8H,4,9H2,1-3H3,(H,15,19). The highest BCUT2D eigenvalue weighted by atomic mass is 32.2. The van der Waals surface area contributed by atoms with E-state index in [2.05, 4.69) is 22.4 Å². The van der Waals surface area contributed by atoms with Crippen LogP contribution in [0.1, 0.15) is 6.92 Å². The number of nitrogens with one attached hydrogen (secondary N) is 1. The predicted molar refractivity (Wildman–Crippen MR) is 96.4 cm³/mol. The van der Waals surface area contributed by atoms with Crippen molar-refractivity contribution in [2.45, 2.75) is 15.6 Å². The van der Waals surface area contributed by atoms with Crippen LogP contribution in [0, 0.1) is 0 Å². The first-order valence-corrected chi connectivity index (χ1v) is 9.53. The molecule has 0 fully saturated rings. The van der Waals surface area contributed by atoms with Gasteiger partial charge in [0, 0.05) is 25.5 Å². The lowest BCUT2D eigenvalue weighted by molar-refractivity contribution is -0.113. The second kappa shape index (κ2) is 8.40. The van der Waals surface area contributed by atoms with E-state index in [4.69, 9.17) is 0 Å². The third-order valence-electron chi connectivity index (χ3n) is 2.65. The quantitative estimate of drug-likeness (QED) is 0.769. The molecule has 8 heteroatoms. The van der Waals surface area contributed by atoms with Crippen molar-refractivity contribution >= 4 is 52.1 Å². The number of hydrogen-bond donors (Lipinski definition) is 1. The van der Waals surface area contributed by atoms with Gasteiger partial charge in [-0.3, -0.25) is 4.79 Å². The van der Waals surface area contributed by atoms with Gasteiger partial charge in [-0.25, -0.2) is 0 Å². The van der Waals surface area contributed by atoms with E-state index in [0.717, 1.165) is 25.8 Å². The molecule has 0 aliphatic heterocycles. The Morgan fingerprint density at radius 3 is 2.41 bits per heavy atom. The lowest BCUT2D eigenvalue weighted by Gasteiger charge is -2.12. The molecule has 1 aromatic carbocycles. The Morgan fingerprint density at radius 2 is 1.82 bits per heavy atom. The summed E-state index contributed by atoms with van der Waals surface area (Å²) < 4.78 is 1.78. The molecule has 0 radical (unpaired) electrons. The van der Waals surface area contributed by atoms with Gasteiger partial charge in [-0.2, -0.15) is 0 Å². The van der Waals surface area contributed by atoms with E-state index in [0.29, 0.717) is 5.75 Å². The van der Waals surface area contributed by atoms with Gasteiger partial charge in [0.15, 0.2) is 8.68 Å². The molecular formula is C14H18N4OS3. The first kappa shape index (κ1) is 17.1. The summed E-state index contributed by atoms with van der Waals surface area (Å²) in [6.45, 7) is 2.08. The molecule has 0 saturated heterocycles. The van der Waals surface area contributed by atoms with Crippen LogP contribution in [0.25, 0.3) is 0 Å². The predicted octanol–water partition coefficient (Wildman–Crippen LogP) is 3.45. The number of thioether (sulfide) groups is 2. The summed E-state index contributed by atoms with van der Waals surface area (Å²) in [5.41, 5.74) is 1.90. The normalized spacial score (nSPS) is 10.5. The summed E-state index contributed by atoms with van der Waals surface area (Å²) in [7, 11) is 3.97. The van der Waals surface area contributed by atoms with E-state index in [1.807, 2.05) is 43.3 Å². The average molecular weight is 355 g/mol. The third kappa shape index (κ3) is 5.19. The topological polar surface area (TPSA) is 58.1 Å². The van der Waals surface area contributed by atoms with E-state index >= 15 is 0 Å². The number of carbonyl (C=O) groups excluding carboxylic acids is 1. The van der Waals surface area contributed by atoms with Crippen LogP contribution < -0.4 is 10.2 Å². The number of carbonyl (C=O) groups is 1. The molecule has 1 amide bonds. The monoisotopic (exact) mass is 354 g/mol. The van der Waals surface area contributed by atoms with Gasteiger partial charge in [-0.15, -0.1) is 10.2 Å². The zero-order chi connectivity index (χ0) is 15.9. The van der Waals surface area contributed by atoms with Gasteiger partial charge < -0.3 is 10.2 Å². The lowest BCUT2D eigenvalue weighted by Crippen LogP contribution is -2.14.